The van der Waals surface area contributed by atoms with Gasteiger partial charge in [-0.3, -0.25) is 9.59 Å². The van der Waals surface area contributed by atoms with Gasteiger partial charge < -0.3 is 15.4 Å². The van der Waals surface area contributed by atoms with Crippen molar-refractivity contribution in [2.75, 3.05) is 11.9 Å². The number of anilines is 1. The molecule has 3 N–H and O–H groups in total. The van der Waals surface area contributed by atoms with Gasteiger partial charge in [-0.15, -0.1) is 10.2 Å². The maximum Gasteiger partial charge on any atom is 0.416 e. The van der Waals surface area contributed by atoms with E-state index in [4.69, 9.17) is 4.74 Å². The van der Waals surface area contributed by atoms with Gasteiger partial charge in [0.05, 0.1) is 6.61 Å². The molecule has 0 fully saturated rings. The molecule has 1 aliphatic heterocycles. The van der Waals surface area contributed by atoms with Crippen LogP contribution in [0.15, 0.2) is 78.4 Å². The third-order valence-electron chi connectivity index (χ3n) is 7.38. The zero-order valence-corrected chi connectivity index (χ0v) is 24.1. The number of halogens is 6. The summed E-state index contributed by atoms with van der Waals surface area (Å²) >= 11 is 0. The summed E-state index contributed by atoms with van der Waals surface area (Å²) in [6.45, 7) is 1.49. The van der Waals surface area contributed by atoms with Crippen LogP contribution in [-0.4, -0.2) is 51.4 Å². The van der Waals surface area contributed by atoms with E-state index in [1.165, 1.54) is 36.4 Å². The maximum absolute atomic E-state index is 15.0. The minimum atomic E-state index is -5.03. The number of nitrogens with one attached hydrogen (secondary N) is 3. The number of tetrazole rings is 1. The van der Waals surface area contributed by atoms with E-state index in [1.54, 1.807) is 31.2 Å². The summed E-state index contributed by atoms with van der Waals surface area (Å²) in [4.78, 5) is 27.1. The highest BCUT2D eigenvalue weighted by molar-refractivity contribution is 6.28. The number of amides is 2. The van der Waals surface area contributed by atoms with Crippen molar-refractivity contribution in [1.29, 1.82) is 0 Å². The quantitative estimate of drug-likeness (QED) is 0.112. The summed E-state index contributed by atoms with van der Waals surface area (Å²) in [5.74, 6) is -1.80. The zero-order valence-electron chi connectivity index (χ0n) is 24.1. The van der Waals surface area contributed by atoms with Crippen LogP contribution < -0.4 is 15.4 Å². The minimum absolute atomic E-state index is 0.0603. The second-order valence-corrected chi connectivity index (χ2v) is 10.6. The fourth-order valence-electron chi connectivity index (χ4n) is 5.02. The highest BCUT2D eigenvalue weighted by Crippen LogP contribution is 2.48. The topological polar surface area (TPSA) is 122 Å². The third kappa shape index (κ3) is 7.03. The van der Waals surface area contributed by atoms with Gasteiger partial charge in [-0.2, -0.15) is 31.6 Å². The molecule has 1 aromatic heterocycles. The highest BCUT2D eigenvalue weighted by Gasteiger charge is 2.60. The number of carbonyl (C=O) groups excluding carboxylic acids is 2. The van der Waals surface area contributed by atoms with Gasteiger partial charge in [-0.1, -0.05) is 42.0 Å². The number of hydrogen-bond acceptors (Lipinski definition) is 6. The molecule has 2 heterocycles. The van der Waals surface area contributed by atoms with Crippen LogP contribution in [0.25, 0.3) is 17.0 Å². The molecule has 9 nitrogen and oxygen atoms in total. The summed E-state index contributed by atoms with van der Waals surface area (Å²) < 4.78 is 87.5. The molecule has 0 unspecified atom stereocenters. The van der Waals surface area contributed by atoms with Crippen LogP contribution in [0.1, 0.15) is 36.0 Å². The number of aromatic amines is 1. The summed E-state index contributed by atoms with van der Waals surface area (Å²) in [5, 5.41) is 18.2. The molecule has 0 aliphatic carbocycles. The molecule has 240 valence electrons. The van der Waals surface area contributed by atoms with Crippen molar-refractivity contribution in [2.45, 2.75) is 44.1 Å². The number of carbonyl (C=O) groups is 2. The number of hydrogen-bond donors (Lipinski definition) is 3. The number of H-pyrrole nitrogens is 1. The van der Waals surface area contributed by atoms with Gasteiger partial charge in [-0.25, -0.2) is 0 Å². The van der Waals surface area contributed by atoms with Crippen molar-refractivity contribution in [3.8, 4) is 17.1 Å². The molecule has 1 aliphatic rings. The number of rotatable bonds is 9. The van der Waals surface area contributed by atoms with Crippen LogP contribution in [0.4, 0.5) is 32.0 Å². The van der Waals surface area contributed by atoms with Crippen molar-refractivity contribution < 1.29 is 40.7 Å². The first-order chi connectivity index (χ1) is 21.8. The molecular formula is C31H26F6N6O3. The second kappa shape index (κ2) is 12.7. The smallest absolute Gasteiger partial charge is 0.416 e. The van der Waals surface area contributed by atoms with Crippen molar-refractivity contribution >= 4 is 23.1 Å². The molecule has 0 radical (unpaired) electrons. The minimum Gasteiger partial charge on any atom is -0.494 e. The fourth-order valence-corrected chi connectivity index (χ4v) is 5.02. The number of ether oxygens (including phenoxy) is 1. The van der Waals surface area contributed by atoms with Gasteiger partial charge >= 0.3 is 12.4 Å². The van der Waals surface area contributed by atoms with Gasteiger partial charge in [0.2, 0.25) is 5.82 Å². The van der Waals surface area contributed by atoms with E-state index >= 15 is 13.2 Å². The summed E-state index contributed by atoms with van der Waals surface area (Å²) in [6.07, 6.45) is -11.6. The lowest BCUT2D eigenvalue weighted by Crippen LogP contribution is -2.59. The molecule has 4 aromatic rings. The van der Waals surface area contributed by atoms with E-state index < -0.39 is 48.1 Å². The number of aryl methyl sites for hydroxylation is 1. The van der Waals surface area contributed by atoms with Gasteiger partial charge in [0.15, 0.2) is 5.54 Å². The Kier molecular flexibility index (Phi) is 8.85. The Morgan fingerprint density at radius 2 is 1.59 bits per heavy atom. The van der Waals surface area contributed by atoms with Gasteiger partial charge in [0.1, 0.15) is 11.3 Å². The average molecular weight is 645 g/mol. The van der Waals surface area contributed by atoms with Crippen molar-refractivity contribution in [3.05, 3.63) is 95.1 Å². The highest BCUT2D eigenvalue weighted by atomic mass is 19.4. The first kappa shape index (κ1) is 32.2. The van der Waals surface area contributed by atoms with E-state index in [1.807, 2.05) is 0 Å². The van der Waals surface area contributed by atoms with Crippen LogP contribution in [-0.2, 0) is 15.1 Å². The molecule has 0 bridgehead atoms. The Hall–Kier alpha value is -5.21. The lowest BCUT2D eigenvalue weighted by Gasteiger charge is -2.41. The predicted octanol–water partition coefficient (Wildman–Crippen LogP) is 6.27. The summed E-state index contributed by atoms with van der Waals surface area (Å²) in [7, 11) is 0. The van der Waals surface area contributed by atoms with E-state index in [-0.39, 0.29) is 41.2 Å². The number of aromatic nitrogens is 4. The molecule has 0 spiro atoms. The second-order valence-electron chi connectivity index (χ2n) is 10.6. The van der Waals surface area contributed by atoms with Crippen LogP contribution in [0, 0.1) is 6.92 Å². The summed E-state index contributed by atoms with van der Waals surface area (Å²) in [6, 6.07) is 17.2. The van der Waals surface area contributed by atoms with Crippen LogP contribution >= 0.6 is 0 Å². The van der Waals surface area contributed by atoms with Crippen LogP contribution in [0.3, 0.4) is 0 Å². The molecule has 1 atom stereocenters. The predicted molar refractivity (Wildman–Crippen MR) is 154 cm³/mol. The van der Waals surface area contributed by atoms with Gasteiger partial charge in [0, 0.05) is 24.1 Å². The van der Waals surface area contributed by atoms with Crippen molar-refractivity contribution in [1.82, 2.24) is 25.9 Å². The first-order valence-corrected chi connectivity index (χ1v) is 13.9. The largest absolute Gasteiger partial charge is 0.494 e. The standard InChI is InChI=1S/C31H26F6N6O3/c1-18-3-5-19(6-4-18)24-17-29(31(35,36)37,21-9-13-23(14-10-21)46-16-2-15-30(32,33)34)39-28(45)25(24)27(44)38-22-11-7-20(8-12-22)26-40-42-43-41-26/h3-14H,2,15-17H2,1H3,(H,38,44)(H,39,45)(H,40,41,42,43)/t29-/m0/s1. The van der Waals surface area contributed by atoms with E-state index in [2.05, 4.69) is 31.3 Å². The maximum atomic E-state index is 15.0. The Labute approximate surface area is 258 Å². The SMILES string of the molecule is Cc1ccc(C2=C(C(=O)Nc3ccc(-c4nn[nH]n4)cc3)C(=O)N[C@@](c3ccc(OCCCC(F)(F)F)cc3)(C(F)(F)F)C2)cc1. The lowest BCUT2D eigenvalue weighted by atomic mass is 9.76. The average Bonchev–Trinajstić information content (AvgIpc) is 3.54. The van der Waals surface area contributed by atoms with Crippen molar-refractivity contribution in [2.24, 2.45) is 0 Å². The molecule has 2 amide bonds. The monoisotopic (exact) mass is 644 g/mol. The molecule has 5 rings (SSSR count). The molecule has 3 aromatic carbocycles. The third-order valence-corrected chi connectivity index (χ3v) is 7.38. The van der Waals surface area contributed by atoms with Gasteiger partial charge in [0.25, 0.3) is 11.8 Å². The molecule has 15 heteroatoms. The number of benzene rings is 3. The summed E-state index contributed by atoms with van der Waals surface area (Å²) in [5.41, 5.74) is -2.01. The Bertz CT molecular complexity index is 1720. The first-order valence-electron chi connectivity index (χ1n) is 13.9. The Morgan fingerprint density at radius 3 is 2.17 bits per heavy atom. The molecule has 0 saturated heterocycles. The Balaban J connectivity index is 1.47. The van der Waals surface area contributed by atoms with Crippen LogP contribution in [0.5, 0.6) is 5.75 Å². The van der Waals surface area contributed by atoms with E-state index in [9.17, 15) is 22.8 Å². The van der Waals surface area contributed by atoms with E-state index in [0.717, 1.165) is 17.7 Å². The molecular weight excluding hydrogens is 618 g/mol. The number of nitrogens with zero attached hydrogens (tertiary/aromatic N) is 3. The molecule has 0 saturated carbocycles. The fraction of sp³-hybridized carbons (Fsp3) is 0.258. The van der Waals surface area contributed by atoms with E-state index in [0.29, 0.717) is 11.4 Å². The van der Waals surface area contributed by atoms with Crippen LogP contribution in [0.2, 0.25) is 0 Å². The normalized spacial score (nSPS) is 17.1. The Morgan fingerprint density at radius 1 is 0.935 bits per heavy atom. The zero-order chi connectivity index (χ0) is 33.1. The molecule has 46 heavy (non-hydrogen) atoms. The van der Waals surface area contributed by atoms with Crippen molar-refractivity contribution in [3.63, 3.8) is 0 Å². The van der Waals surface area contributed by atoms with Gasteiger partial charge in [-0.05, 0) is 71.7 Å². The lowest BCUT2D eigenvalue weighted by molar-refractivity contribution is -0.201. The number of alkyl halides is 6.